The lowest BCUT2D eigenvalue weighted by Crippen LogP contribution is -2.41. The predicted octanol–water partition coefficient (Wildman–Crippen LogP) is 0.294. The summed E-state index contributed by atoms with van der Waals surface area (Å²) in [5.74, 6) is 0.953. The molecule has 1 aromatic rings. The lowest BCUT2D eigenvalue weighted by molar-refractivity contribution is -0.122. The largest absolute Gasteiger partial charge is 0.468 e. The lowest BCUT2D eigenvalue weighted by atomic mass is 10.2. The molecule has 2 rings (SSSR count). The standard InChI is InChI=1S/C15H26N4O2/c1-18(2)13(14-5-3-10-21-14)11-17-15(20)12-19-8-4-6-16-7-9-19/h3,5,10,13,16H,4,6-9,11-12H2,1-2H3,(H,17,20). The second-order valence-corrected chi connectivity index (χ2v) is 5.68. The average Bonchev–Trinajstić information content (AvgIpc) is 2.84. The Morgan fingerprint density at radius 3 is 3.05 bits per heavy atom. The summed E-state index contributed by atoms with van der Waals surface area (Å²) in [6.45, 7) is 4.95. The Kier molecular flexibility index (Phi) is 6.22. The molecule has 6 heteroatoms. The van der Waals surface area contributed by atoms with E-state index >= 15 is 0 Å². The van der Waals surface area contributed by atoms with Gasteiger partial charge in [0.1, 0.15) is 5.76 Å². The van der Waals surface area contributed by atoms with Crippen molar-refractivity contribution in [3.05, 3.63) is 24.2 Å². The molecule has 2 heterocycles. The van der Waals surface area contributed by atoms with Crippen LogP contribution in [0.15, 0.2) is 22.8 Å². The quantitative estimate of drug-likeness (QED) is 0.790. The Morgan fingerprint density at radius 2 is 2.33 bits per heavy atom. The first kappa shape index (κ1) is 16.0. The minimum atomic E-state index is 0.0646. The van der Waals surface area contributed by atoms with Crippen LogP contribution in [0.2, 0.25) is 0 Å². The molecular weight excluding hydrogens is 268 g/mol. The van der Waals surface area contributed by atoms with Crippen molar-refractivity contribution in [2.24, 2.45) is 0 Å². The zero-order chi connectivity index (χ0) is 15.1. The topological polar surface area (TPSA) is 60.8 Å². The summed E-state index contributed by atoms with van der Waals surface area (Å²) < 4.78 is 5.44. The van der Waals surface area contributed by atoms with Crippen LogP contribution in [0.4, 0.5) is 0 Å². The SMILES string of the molecule is CN(C)C(CNC(=O)CN1CCCNCC1)c1ccco1. The number of nitrogens with one attached hydrogen (secondary N) is 2. The van der Waals surface area contributed by atoms with Crippen molar-refractivity contribution in [3.8, 4) is 0 Å². The normalized spacial score (nSPS) is 18.4. The third kappa shape index (κ3) is 5.15. The van der Waals surface area contributed by atoms with Gasteiger partial charge in [0.05, 0.1) is 18.8 Å². The third-order valence-corrected chi connectivity index (χ3v) is 3.79. The molecule has 6 nitrogen and oxygen atoms in total. The van der Waals surface area contributed by atoms with Crippen molar-refractivity contribution in [2.75, 3.05) is 53.4 Å². The summed E-state index contributed by atoms with van der Waals surface area (Å²) in [6, 6.07) is 3.88. The van der Waals surface area contributed by atoms with Crippen LogP contribution in [0.1, 0.15) is 18.2 Å². The van der Waals surface area contributed by atoms with Crippen molar-refractivity contribution in [1.29, 1.82) is 0 Å². The molecule has 21 heavy (non-hydrogen) atoms. The minimum Gasteiger partial charge on any atom is -0.468 e. The summed E-state index contributed by atoms with van der Waals surface area (Å²) in [5, 5.41) is 6.36. The van der Waals surface area contributed by atoms with Crippen LogP contribution in [0.3, 0.4) is 0 Å². The van der Waals surface area contributed by atoms with Gasteiger partial charge in [0.2, 0.25) is 5.91 Å². The molecule has 1 unspecified atom stereocenters. The van der Waals surface area contributed by atoms with Gasteiger partial charge in [0, 0.05) is 19.6 Å². The summed E-state index contributed by atoms with van der Waals surface area (Å²) >= 11 is 0. The Balaban J connectivity index is 1.79. The van der Waals surface area contributed by atoms with Gasteiger partial charge in [-0.1, -0.05) is 0 Å². The Hall–Kier alpha value is -1.37. The van der Waals surface area contributed by atoms with Crippen molar-refractivity contribution < 1.29 is 9.21 Å². The van der Waals surface area contributed by atoms with E-state index in [1.807, 2.05) is 26.2 Å². The molecule has 1 saturated heterocycles. The third-order valence-electron chi connectivity index (χ3n) is 3.79. The van der Waals surface area contributed by atoms with Crippen LogP contribution >= 0.6 is 0 Å². The molecule has 0 bridgehead atoms. The van der Waals surface area contributed by atoms with Gasteiger partial charge in [0.25, 0.3) is 0 Å². The van der Waals surface area contributed by atoms with E-state index in [1.54, 1.807) is 6.26 Å². The molecule has 1 amide bonds. The molecule has 2 N–H and O–H groups in total. The van der Waals surface area contributed by atoms with Crippen LogP contribution < -0.4 is 10.6 Å². The van der Waals surface area contributed by atoms with Crippen LogP contribution in [0.25, 0.3) is 0 Å². The number of likely N-dealkylation sites (N-methyl/N-ethyl adjacent to an activating group) is 1. The summed E-state index contributed by atoms with van der Waals surface area (Å²) in [4.78, 5) is 16.3. The number of hydrogen-bond acceptors (Lipinski definition) is 5. The number of carbonyl (C=O) groups is 1. The molecule has 1 fully saturated rings. The second kappa shape index (κ2) is 8.17. The Labute approximate surface area is 126 Å². The van der Waals surface area contributed by atoms with E-state index in [0.29, 0.717) is 13.1 Å². The molecule has 0 aliphatic carbocycles. The number of carbonyl (C=O) groups excluding carboxylic acids is 1. The van der Waals surface area contributed by atoms with Gasteiger partial charge in [0.15, 0.2) is 0 Å². The van der Waals surface area contributed by atoms with Crippen molar-refractivity contribution >= 4 is 5.91 Å². The number of rotatable bonds is 6. The van der Waals surface area contributed by atoms with E-state index in [-0.39, 0.29) is 11.9 Å². The van der Waals surface area contributed by atoms with Crippen LogP contribution in [-0.4, -0.2) is 69.1 Å². The first-order valence-electron chi connectivity index (χ1n) is 7.56. The van der Waals surface area contributed by atoms with Crippen LogP contribution in [0, 0.1) is 0 Å². The zero-order valence-electron chi connectivity index (χ0n) is 13.0. The van der Waals surface area contributed by atoms with Gasteiger partial charge in [-0.05, 0) is 45.7 Å². The molecular formula is C15H26N4O2. The fourth-order valence-electron chi connectivity index (χ4n) is 2.55. The van der Waals surface area contributed by atoms with Crippen molar-refractivity contribution in [1.82, 2.24) is 20.4 Å². The van der Waals surface area contributed by atoms with Crippen LogP contribution in [-0.2, 0) is 4.79 Å². The molecule has 1 atom stereocenters. The molecule has 1 aliphatic rings. The summed E-state index contributed by atoms with van der Waals surface area (Å²) in [5.41, 5.74) is 0. The highest BCUT2D eigenvalue weighted by atomic mass is 16.3. The van der Waals surface area contributed by atoms with E-state index in [0.717, 1.165) is 38.4 Å². The molecule has 0 saturated carbocycles. The maximum Gasteiger partial charge on any atom is 0.234 e. The Bertz CT molecular complexity index is 411. The number of furan rings is 1. The summed E-state index contributed by atoms with van der Waals surface area (Å²) in [7, 11) is 3.97. The molecule has 1 aromatic heterocycles. The first-order chi connectivity index (χ1) is 10.2. The van der Waals surface area contributed by atoms with Gasteiger partial charge >= 0.3 is 0 Å². The van der Waals surface area contributed by atoms with E-state index in [2.05, 4.69) is 20.4 Å². The maximum atomic E-state index is 12.1. The second-order valence-electron chi connectivity index (χ2n) is 5.68. The van der Waals surface area contributed by atoms with Crippen molar-refractivity contribution in [2.45, 2.75) is 12.5 Å². The van der Waals surface area contributed by atoms with E-state index in [9.17, 15) is 4.79 Å². The highest BCUT2D eigenvalue weighted by Crippen LogP contribution is 2.17. The zero-order valence-corrected chi connectivity index (χ0v) is 13.0. The van der Waals surface area contributed by atoms with Gasteiger partial charge in [-0.2, -0.15) is 0 Å². The molecule has 0 spiro atoms. The smallest absolute Gasteiger partial charge is 0.234 e. The van der Waals surface area contributed by atoms with Gasteiger partial charge in [-0.25, -0.2) is 0 Å². The van der Waals surface area contributed by atoms with E-state index in [1.165, 1.54) is 0 Å². The maximum absolute atomic E-state index is 12.1. The minimum absolute atomic E-state index is 0.0646. The summed E-state index contributed by atoms with van der Waals surface area (Å²) in [6.07, 6.45) is 2.76. The fraction of sp³-hybridized carbons (Fsp3) is 0.667. The number of hydrogen-bond donors (Lipinski definition) is 2. The molecule has 0 radical (unpaired) electrons. The lowest BCUT2D eigenvalue weighted by Gasteiger charge is -2.24. The monoisotopic (exact) mass is 294 g/mol. The first-order valence-corrected chi connectivity index (χ1v) is 7.56. The predicted molar refractivity (Wildman–Crippen MR) is 82.1 cm³/mol. The fourth-order valence-corrected chi connectivity index (χ4v) is 2.55. The average molecular weight is 294 g/mol. The number of nitrogens with zero attached hydrogens (tertiary/aromatic N) is 2. The molecule has 0 aromatic carbocycles. The van der Waals surface area contributed by atoms with E-state index < -0.39 is 0 Å². The molecule has 118 valence electrons. The number of amides is 1. The van der Waals surface area contributed by atoms with Gasteiger partial charge in [-0.15, -0.1) is 0 Å². The highest BCUT2D eigenvalue weighted by Gasteiger charge is 2.19. The van der Waals surface area contributed by atoms with E-state index in [4.69, 9.17) is 4.42 Å². The highest BCUT2D eigenvalue weighted by molar-refractivity contribution is 5.78. The van der Waals surface area contributed by atoms with Gasteiger partial charge < -0.3 is 15.1 Å². The van der Waals surface area contributed by atoms with Crippen molar-refractivity contribution in [3.63, 3.8) is 0 Å². The van der Waals surface area contributed by atoms with Crippen LogP contribution in [0.5, 0.6) is 0 Å². The molecule has 1 aliphatic heterocycles. The Morgan fingerprint density at radius 1 is 1.48 bits per heavy atom. The van der Waals surface area contributed by atoms with Gasteiger partial charge in [-0.3, -0.25) is 14.6 Å².